The molecule has 0 aliphatic carbocycles. The molecule has 0 radical (unpaired) electrons. The molecule has 7 nitrogen and oxygen atoms in total. The number of para-hydroxylation sites is 1. The van der Waals surface area contributed by atoms with E-state index >= 15 is 0 Å². The number of carbonyl (C=O) groups is 2. The molecule has 0 aromatic heterocycles. The summed E-state index contributed by atoms with van der Waals surface area (Å²) in [6.45, 7) is 4.47. The molecule has 0 saturated carbocycles. The summed E-state index contributed by atoms with van der Waals surface area (Å²) < 4.78 is 5.87. The van der Waals surface area contributed by atoms with E-state index in [0.29, 0.717) is 22.8 Å². The third kappa shape index (κ3) is 7.60. The molecule has 3 N–H and O–H groups in total. The number of hydrogen-bond donors (Lipinski definition) is 3. The molecule has 4 amide bonds. The van der Waals surface area contributed by atoms with Crippen LogP contribution < -0.4 is 25.6 Å². The number of nitrogens with zero attached hydrogens (tertiary/aromatic N) is 1. The standard InChI is InChI=1S/C30H30N4O3/c1-22-11-13-24(14-12-22)32-29(35)31-19-20-34(30(36)33-25-8-6-7-23(2)21-25)26-15-17-28(18-16-26)37-27-9-4-3-5-10-27/h3-18,21H,19-20H2,1-2H3,(H,33,36)(H2,31,32,35). The number of rotatable bonds is 8. The first kappa shape index (κ1) is 25.3. The smallest absolute Gasteiger partial charge is 0.326 e. The van der Waals surface area contributed by atoms with Crippen LogP contribution in [0.3, 0.4) is 0 Å². The maximum Gasteiger partial charge on any atom is 0.326 e. The lowest BCUT2D eigenvalue weighted by Gasteiger charge is -2.24. The first-order valence-electron chi connectivity index (χ1n) is 12.1. The molecule has 7 heteroatoms. The minimum absolute atomic E-state index is 0.251. The highest BCUT2D eigenvalue weighted by molar-refractivity contribution is 6.02. The minimum Gasteiger partial charge on any atom is -0.457 e. The van der Waals surface area contributed by atoms with Gasteiger partial charge in [-0.25, -0.2) is 9.59 Å². The Balaban J connectivity index is 1.43. The zero-order valence-corrected chi connectivity index (χ0v) is 20.9. The van der Waals surface area contributed by atoms with E-state index in [9.17, 15) is 9.59 Å². The van der Waals surface area contributed by atoms with Crippen molar-refractivity contribution in [3.63, 3.8) is 0 Å². The number of benzene rings is 4. The molecule has 0 spiro atoms. The van der Waals surface area contributed by atoms with E-state index in [1.54, 1.807) is 4.90 Å². The van der Waals surface area contributed by atoms with Crippen molar-refractivity contribution < 1.29 is 14.3 Å². The highest BCUT2D eigenvalue weighted by Gasteiger charge is 2.17. The van der Waals surface area contributed by atoms with Gasteiger partial charge in [-0.2, -0.15) is 0 Å². The Morgan fingerprint density at radius 3 is 2.11 bits per heavy atom. The number of amides is 4. The number of ether oxygens (including phenoxy) is 1. The van der Waals surface area contributed by atoms with Crippen LogP contribution in [-0.4, -0.2) is 25.2 Å². The van der Waals surface area contributed by atoms with E-state index < -0.39 is 0 Å². The van der Waals surface area contributed by atoms with Crippen LogP contribution >= 0.6 is 0 Å². The minimum atomic E-state index is -0.338. The number of carbonyl (C=O) groups excluding carboxylic acids is 2. The predicted molar refractivity (Wildman–Crippen MR) is 149 cm³/mol. The van der Waals surface area contributed by atoms with Gasteiger partial charge in [-0.1, -0.05) is 48.0 Å². The zero-order chi connectivity index (χ0) is 26.0. The van der Waals surface area contributed by atoms with Crippen LogP contribution in [0, 0.1) is 13.8 Å². The van der Waals surface area contributed by atoms with Crippen molar-refractivity contribution in [3.05, 3.63) is 114 Å². The Kier molecular flexibility index (Phi) is 8.39. The normalized spacial score (nSPS) is 10.3. The predicted octanol–water partition coefficient (Wildman–Crippen LogP) is 6.96. The van der Waals surface area contributed by atoms with Gasteiger partial charge < -0.3 is 20.7 Å². The van der Waals surface area contributed by atoms with Crippen LogP contribution in [-0.2, 0) is 0 Å². The molecule has 4 aromatic rings. The van der Waals surface area contributed by atoms with Gasteiger partial charge in [0.25, 0.3) is 0 Å². The van der Waals surface area contributed by atoms with E-state index in [2.05, 4.69) is 16.0 Å². The largest absolute Gasteiger partial charge is 0.457 e. The molecule has 0 bridgehead atoms. The lowest BCUT2D eigenvalue weighted by molar-refractivity contribution is 0.250. The Hall–Kier alpha value is -4.78. The van der Waals surface area contributed by atoms with E-state index in [0.717, 1.165) is 16.9 Å². The van der Waals surface area contributed by atoms with Crippen LogP contribution in [0.4, 0.5) is 26.7 Å². The third-order valence-corrected chi connectivity index (χ3v) is 5.57. The van der Waals surface area contributed by atoms with Crippen molar-refractivity contribution in [1.29, 1.82) is 0 Å². The second-order valence-corrected chi connectivity index (χ2v) is 8.61. The summed E-state index contributed by atoms with van der Waals surface area (Å²) in [5.74, 6) is 1.39. The van der Waals surface area contributed by atoms with Crippen molar-refractivity contribution in [2.75, 3.05) is 28.6 Å². The summed E-state index contributed by atoms with van der Waals surface area (Å²) in [6.07, 6.45) is 0. The third-order valence-electron chi connectivity index (χ3n) is 5.57. The molecular formula is C30H30N4O3. The molecule has 0 fully saturated rings. The van der Waals surface area contributed by atoms with Gasteiger partial charge in [-0.15, -0.1) is 0 Å². The fraction of sp³-hybridized carbons (Fsp3) is 0.133. The van der Waals surface area contributed by atoms with E-state index in [1.807, 2.05) is 117 Å². The van der Waals surface area contributed by atoms with E-state index in [1.165, 1.54) is 0 Å². The van der Waals surface area contributed by atoms with Crippen molar-refractivity contribution >= 4 is 29.1 Å². The molecule has 37 heavy (non-hydrogen) atoms. The van der Waals surface area contributed by atoms with Gasteiger partial charge in [0.15, 0.2) is 0 Å². The Morgan fingerprint density at radius 1 is 0.703 bits per heavy atom. The first-order valence-corrected chi connectivity index (χ1v) is 12.1. The van der Waals surface area contributed by atoms with E-state index in [-0.39, 0.29) is 25.2 Å². The van der Waals surface area contributed by atoms with E-state index in [4.69, 9.17) is 4.74 Å². The highest BCUT2D eigenvalue weighted by atomic mass is 16.5. The maximum absolute atomic E-state index is 13.3. The van der Waals surface area contributed by atoms with Crippen LogP contribution in [0.15, 0.2) is 103 Å². The van der Waals surface area contributed by atoms with Gasteiger partial charge >= 0.3 is 12.1 Å². The number of anilines is 3. The lowest BCUT2D eigenvalue weighted by Crippen LogP contribution is -2.42. The second kappa shape index (κ2) is 12.3. The molecule has 0 heterocycles. The monoisotopic (exact) mass is 494 g/mol. The average molecular weight is 495 g/mol. The zero-order valence-electron chi connectivity index (χ0n) is 20.9. The topological polar surface area (TPSA) is 82.7 Å². The van der Waals surface area contributed by atoms with Crippen LogP contribution in [0.2, 0.25) is 0 Å². The van der Waals surface area contributed by atoms with Gasteiger partial charge in [0.1, 0.15) is 11.5 Å². The van der Waals surface area contributed by atoms with Crippen LogP contribution in [0.25, 0.3) is 0 Å². The average Bonchev–Trinajstić information content (AvgIpc) is 2.89. The molecule has 0 aliphatic rings. The Bertz CT molecular complexity index is 1320. The molecular weight excluding hydrogens is 464 g/mol. The molecule has 0 saturated heterocycles. The van der Waals surface area contributed by atoms with Gasteiger partial charge in [0.2, 0.25) is 0 Å². The summed E-state index contributed by atoms with van der Waals surface area (Å²) in [5.41, 5.74) is 4.23. The van der Waals surface area contributed by atoms with Crippen molar-refractivity contribution in [2.45, 2.75) is 13.8 Å². The highest BCUT2D eigenvalue weighted by Crippen LogP contribution is 2.25. The van der Waals surface area contributed by atoms with Crippen molar-refractivity contribution in [1.82, 2.24) is 5.32 Å². The maximum atomic E-state index is 13.3. The van der Waals surface area contributed by atoms with Crippen LogP contribution in [0.1, 0.15) is 11.1 Å². The number of aryl methyl sites for hydroxylation is 2. The number of nitrogens with one attached hydrogen (secondary N) is 3. The van der Waals surface area contributed by atoms with Crippen LogP contribution in [0.5, 0.6) is 11.5 Å². The summed E-state index contributed by atoms with van der Waals surface area (Å²) in [7, 11) is 0. The fourth-order valence-electron chi connectivity index (χ4n) is 3.67. The number of urea groups is 2. The summed E-state index contributed by atoms with van der Waals surface area (Å²) >= 11 is 0. The number of hydrogen-bond acceptors (Lipinski definition) is 3. The molecule has 0 aliphatic heterocycles. The van der Waals surface area contributed by atoms with Gasteiger partial charge in [-0.05, 0) is 80.1 Å². The molecule has 0 atom stereocenters. The fourth-order valence-corrected chi connectivity index (χ4v) is 3.67. The summed E-state index contributed by atoms with van der Waals surface area (Å²) in [5, 5.41) is 8.57. The van der Waals surface area contributed by atoms with Crippen molar-refractivity contribution in [3.8, 4) is 11.5 Å². The second-order valence-electron chi connectivity index (χ2n) is 8.61. The quantitative estimate of drug-likeness (QED) is 0.248. The summed E-state index contributed by atoms with van der Waals surface area (Å²) in [4.78, 5) is 27.2. The van der Waals surface area contributed by atoms with Gasteiger partial charge in [0.05, 0.1) is 0 Å². The van der Waals surface area contributed by atoms with Gasteiger partial charge in [-0.3, -0.25) is 4.90 Å². The lowest BCUT2D eigenvalue weighted by atomic mass is 10.2. The molecule has 0 unspecified atom stereocenters. The Morgan fingerprint density at radius 2 is 1.41 bits per heavy atom. The molecule has 4 aromatic carbocycles. The molecule has 188 valence electrons. The summed E-state index contributed by atoms with van der Waals surface area (Å²) in [6, 6.07) is 31.3. The van der Waals surface area contributed by atoms with Crippen molar-refractivity contribution in [2.24, 2.45) is 0 Å². The van der Waals surface area contributed by atoms with Gasteiger partial charge in [0, 0.05) is 30.2 Å². The Labute approximate surface area is 217 Å². The SMILES string of the molecule is Cc1ccc(NC(=O)NCCN(C(=O)Nc2cccc(C)c2)c2ccc(Oc3ccccc3)cc2)cc1. The molecule has 4 rings (SSSR count). The first-order chi connectivity index (χ1) is 18.0.